The first kappa shape index (κ1) is 34.5. The highest BCUT2D eigenvalue weighted by Crippen LogP contribution is 2.37. The van der Waals surface area contributed by atoms with E-state index >= 15 is 0 Å². The molecule has 3 aromatic carbocycles. The van der Waals surface area contributed by atoms with Crippen molar-refractivity contribution in [1.29, 1.82) is 0 Å². The Morgan fingerprint density at radius 2 is 1.51 bits per heavy atom. The first-order valence-corrected chi connectivity index (χ1v) is 15.6. The van der Waals surface area contributed by atoms with Crippen LogP contribution in [0.2, 0.25) is 15.1 Å². The van der Waals surface area contributed by atoms with E-state index in [4.69, 9.17) is 34.8 Å². The van der Waals surface area contributed by atoms with Crippen LogP contribution in [0.3, 0.4) is 0 Å². The minimum atomic E-state index is -4.83. The summed E-state index contributed by atoms with van der Waals surface area (Å²) in [5, 5.41) is 2.79. The van der Waals surface area contributed by atoms with Crippen LogP contribution < -0.4 is 9.62 Å². The van der Waals surface area contributed by atoms with Crippen LogP contribution in [-0.4, -0.2) is 43.8 Å². The van der Waals surface area contributed by atoms with Crippen LogP contribution in [0.15, 0.2) is 71.6 Å². The van der Waals surface area contributed by atoms with E-state index in [2.05, 4.69) is 5.32 Å². The van der Waals surface area contributed by atoms with Gasteiger partial charge in [0.25, 0.3) is 10.0 Å². The van der Waals surface area contributed by atoms with Crippen LogP contribution in [0.4, 0.5) is 18.9 Å². The van der Waals surface area contributed by atoms with Crippen molar-refractivity contribution in [2.45, 2.75) is 56.9 Å². The monoisotopic (exact) mass is 677 g/mol. The number of alkyl halides is 3. The minimum Gasteiger partial charge on any atom is -0.352 e. The zero-order valence-electron chi connectivity index (χ0n) is 23.3. The average molecular weight is 679 g/mol. The molecule has 0 saturated carbocycles. The van der Waals surface area contributed by atoms with Gasteiger partial charge in [-0.05, 0) is 62.7 Å². The van der Waals surface area contributed by atoms with Gasteiger partial charge >= 0.3 is 6.18 Å². The highest BCUT2D eigenvalue weighted by molar-refractivity contribution is 7.92. The number of rotatable bonds is 11. The van der Waals surface area contributed by atoms with E-state index in [0.29, 0.717) is 22.0 Å². The molecule has 0 bridgehead atoms. The van der Waals surface area contributed by atoms with Crippen molar-refractivity contribution in [3.8, 4) is 0 Å². The minimum absolute atomic E-state index is 0.113. The second-order valence-electron chi connectivity index (χ2n) is 9.80. The second-order valence-corrected chi connectivity index (χ2v) is 12.9. The quantitative estimate of drug-likeness (QED) is 0.233. The molecular formula is C29H29Cl3F3N3O4S. The van der Waals surface area contributed by atoms with E-state index in [1.165, 1.54) is 36.4 Å². The maximum atomic E-state index is 14.1. The third-order valence-corrected chi connectivity index (χ3v) is 9.16. The van der Waals surface area contributed by atoms with E-state index in [-0.39, 0.29) is 39.0 Å². The molecule has 43 heavy (non-hydrogen) atoms. The number of anilines is 1. The molecule has 0 heterocycles. The first-order valence-electron chi connectivity index (χ1n) is 13.0. The molecule has 0 aliphatic carbocycles. The molecule has 14 heteroatoms. The van der Waals surface area contributed by atoms with Crippen molar-refractivity contribution in [3.05, 3.63) is 92.9 Å². The Labute approximate surface area is 263 Å². The van der Waals surface area contributed by atoms with Crippen molar-refractivity contribution in [3.63, 3.8) is 0 Å². The summed E-state index contributed by atoms with van der Waals surface area (Å²) in [5.41, 5.74) is -1.44. The molecular weight excluding hydrogens is 650 g/mol. The maximum absolute atomic E-state index is 14.1. The van der Waals surface area contributed by atoms with Crippen molar-refractivity contribution in [2.24, 2.45) is 0 Å². The largest absolute Gasteiger partial charge is 0.416 e. The van der Waals surface area contributed by atoms with Crippen LogP contribution in [0.25, 0.3) is 0 Å². The first-order chi connectivity index (χ1) is 20.1. The van der Waals surface area contributed by atoms with Gasteiger partial charge < -0.3 is 10.2 Å². The van der Waals surface area contributed by atoms with Crippen LogP contribution >= 0.6 is 34.8 Å². The van der Waals surface area contributed by atoms with Crippen LogP contribution in [0.1, 0.15) is 38.3 Å². The SMILES string of the molecule is CC[C@H](C(=O)NC(C)C)N(Cc1c(Cl)cccc1Cl)C(=O)CN(c1cc(C(F)(F)F)ccc1Cl)S(=O)(=O)c1ccccc1. The molecule has 1 N–H and O–H groups in total. The zero-order chi connectivity index (χ0) is 32.1. The number of nitrogens with one attached hydrogen (secondary N) is 1. The van der Waals surface area contributed by atoms with Crippen LogP contribution in [0.5, 0.6) is 0 Å². The fourth-order valence-electron chi connectivity index (χ4n) is 4.27. The fourth-order valence-corrected chi connectivity index (χ4v) is 6.50. The lowest BCUT2D eigenvalue weighted by molar-refractivity contribution is -0.140. The number of halogens is 6. The summed E-state index contributed by atoms with van der Waals surface area (Å²) in [4.78, 5) is 28.1. The molecule has 2 amide bonds. The second kappa shape index (κ2) is 14.2. The Kier molecular flexibility index (Phi) is 11.4. The molecule has 7 nitrogen and oxygen atoms in total. The molecule has 1 atom stereocenters. The summed E-state index contributed by atoms with van der Waals surface area (Å²) < 4.78 is 69.3. The normalized spacial score (nSPS) is 12.6. The summed E-state index contributed by atoms with van der Waals surface area (Å²) in [7, 11) is -4.65. The topological polar surface area (TPSA) is 86.8 Å². The molecule has 0 saturated heterocycles. The van der Waals surface area contributed by atoms with Crippen molar-refractivity contribution in [2.75, 3.05) is 10.8 Å². The molecule has 0 aliphatic heterocycles. The van der Waals surface area contributed by atoms with Gasteiger partial charge in [0.05, 0.1) is 21.2 Å². The van der Waals surface area contributed by atoms with Gasteiger partial charge in [0.1, 0.15) is 12.6 Å². The molecule has 0 unspecified atom stereocenters. The Balaban J connectivity index is 2.20. The Hall–Kier alpha value is -2.99. The molecule has 0 spiro atoms. The number of carbonyl (C=O) groups excluding carboxylic acids is 2. The number of nitrogens with zero attached hydrogens (tertiary/aromatic N) is 2. The molecule has 0 aliphatic rings. The Morgan fingerprint density at radius 1 is 0.907 bits per heavy atom. The smallest absolute Gasteiger partial charge is 0.352 e. The van der Waals surface area contributed by atoms with Gasteiger partial charge in [-0.3, -0.25) is 13.9 Å². The van der Waals surface area contributed by atoms with E-state index in [1.54, 1.807) is 32.9 Å². The molecule has 3 aromatic rings. The van der Waals surface area contributed by atoms with Gasteiger partial charge in [-0.2, -0.15) is 13.2 Å². The molecule has 0 fully saturated rings. The summed E-state index contributed by atoms with van der Waals surface area (Å²) in [6, 6.07) is 12.3. The van der Waals surface area contributed by atoms with Crippen LogP contribution in [-0.2, 0) is 32.3 Å². The molecule has 3 rings (SSSR count). The number of amides is 2. The van der Waals surface area contributed by atoms with E-state index in [1.807, 2.05) is 0 Å². The molecule has 232 valence electrons. The Morgan fingerprint density at radius 3 is 2.05 bits per heavy atom. The standard InChI is InChI=1S/C29H29Cl3F3N3O4S/c1-4-25(28(40)36-18(2)3)37(16-21-22(30)11-8-12-23(21)31)27(39)17-38(43(41,42)20-9-6-5-7-10-20)26-15-19(29(33,34)35)13-14-24(26)32/h5-15,18,25H,4,16-17H2,1-3H3,(H,36,40)/t25-/m1/s1. The summed E-state index contributed by atoms with van der Waals surface area (Å²) >= 11 is 19.0. The predicted molar refractivity (Wildman–Crippen MR) is 162 cm³/mol. The van der Waals surface area contributed by atoms with Crippen molar-refractivity contribution >= 4 is 62.3 Å². The van der Waals surface area contributed by atoms with Gasteiger partial charge in [0, 0.05) is 28.2 Å². The third-order valence-electron chi connectivity index (χ3n) is 6.36. The number of sulfonamides is 1. The van der Waals surface area contributed by atoms with Crippen LogP contribution in [0, 0.1) is 0 Å². The fraction of sp³-hybridized carbons (Fsp3) is 0.310. The van der Waals surface area contributed by atoms with E-state index < -0.39 is 51.9 Å². The molecule has 0 radical (unpaired) electrons. The van der Waals surface area contributed by atoms with E-state index in [0.717, 1.165) is 11.0 Å². The summed E-state index contributed by atoms with van der Waals surface area (Å²) in [6.45, 7) is 3.82. The van der Waals surface area contributed by atoms with Crippen molar-refractivity contribution < 1.29 is 31.2 Å². The highest BCUT2D eigenvalue weighted by atomic mass is 35.5. The summed E-state index contributed by atoms with van der Waals surface area (Å²) in [6.07, 6.45) is -4.72. The van der Waals surface area contributed by atoms with Gasteiger partial charge in [0.2, 0.25) is 11.8 Å². The number of carbonyl (C=O) groups is 2. The number of hydrogen-bond donors (Lipinski definition) is 1. The third kappa shape index (κ3) is 8.35. The lowest BCUT2D eigenvalue weighted by Crippen LogP contribution is -2.53. The van der Waals surface area contributed by atoms with Gasteiger partial charge in [-0.1, -0.05) is 66.0 Å². The Bertz CT molecular complexity index is 1550. The van der Waals surface area contributed by atoms with E-state index in [9.17, 15) is 31.2 Å². The zero-order valence-corrected chi connectivity index (χ0v) is 26.4. The lowest BCUT2D eigenvalue weighted by atomic mass is 10.1. The van der Waals surface area contributed by atoms with Gasteiger partial charge in [0.15, 0.2) is 0 Å². The summed E-state index contributed by atoms with van der Waals surface area (Å²) in [5.74, 6) is -1.43. The number of benzene rings is 3. The highest BCUT2D eigenvalue weighted by Gasteiger charge is 2.37. The van der Waals surface area contributed by atoms with Crippen molar-refractivity contribution in [1.82, 2.24) is 10.2 Å². The average Bonchev–Trinajstić information content (AvgIpc) is 2.93. The predicted octanol–water partition coefficient (Wildman–Crippen LogP) is 7.19. The molecule has 0 aromatic heterocycles. The van der Waals surface area contributed by atoms with Gasteiger partial charge in [-0.25, -0.2) is 8.42 Å². The number of hydrogen-bond acceptors (Lipinski definition) is 4. The maximum Gasteiger partial charge on any atom is 0.416 e. The lowest BCUT2D eigenvalue weighted by Gasteiger charge is -2.34. The van der Waals surface area contributed by atoms with Gasteiger partial charge in [-0.15, -0.1) is 0 Å².